The second-order valence-corrected chi connectivity index (χ2v) is 6.89. The Labute approximate surface area is 121 Å². The van der Waals surface area contributed by atoms with Gasteiger partial charge >= 0.3 is 0 Å². The molecule has 1 aliphatic carbocycles. The maximum Gasteiger partial charge on any atom is 0.267 e. The van der Waals surface area contributed by atoms with Gasteiger partial charge in [-0.15, -0.1) is 0 Å². The van der Waals surface area contributed by atoms with Gasteiger partial charge < -0.3 is 15.0 Å². The Morgan fingerprint density at radius 3 is 2.70 bits per heavy atom. The molecule has 0 radical (unpaired) electrons. The number of hydrogen-bond acceptors (Lipinski definition) is 2. The van der Waals surface area contributed by atoms with Gasteiger partial charge in [0.1, 0.15) is 5.69 Å². The molecule has 4 nitrogen and oxygen atoms in total. The lowest BCUT2D eigenvalue weighted by atomic mass is 9.80. The molecule has 1 heterocycles. The van der Waals surface area contributed by atoms with Crippen LogP contribution in [0.25, 0.3) is 0 Å². The number of nitrogens with zero attached hydrogens (tertiary/aromatic N) is 1. The van der Waals surface area contributed by atoms with E-state index in [0.717, 1.165) is 18.5 Å². The molecule has 2 rings (SSSR count). The molecule has 0 spiro atoms. The fraction of sp³-hybridized carbons (Fsp3) is 0.688. The summed E-state index contributed by atoms with van der Waals surface area (Å²) in [4.78, 5) is 12.3. The van der Waals surface area contributed by atoms with Crippen LogP contribution in [0.3, 0.4) is 0 Å². The van der Waals surface area contributed by atoms with Crippen LogP contribution in [0.1, 0.15) is 57.1 Å². The summed E-state index contributed by atoms with van der Waals surface area (Å²) >= 11 is 0. The molecule has 1 aromatic rings. The molecule has 0 saturated heterocycles. The molecular weight excluding hydrogens is 252 g/mol. The maximum atomic E-state index is 12.3. The van der Waals surface area contributed by atoms with Crippen molar-refractivity contribution in [3.8, 4) is 0 Å². The normalized spacial score (nSPS) is 17.3. The van der Waals surface area contributed by atoms with Crippen molar-refractivity contribution in [3.63, 3.8) is 0 Å². The van der Waals surface area contributed by atoms with Gasteiger partial charge in [-0.25, -0.2) is 0 Å². The van der Waals surface area contributed by atoms with Gasteiger partial charge in [0.15, 0.2) is 0 Å². The quantitative estimate of drug-likeness (QED) is 0.840. The van der Waals surface area contributed by atoms with Crippen molar-refractivity contribution < 1.29 is 9.90 Å². The first kappa shape index (κ1) is 15.1. The number of nitrogens with one attached hydrogen (secondary N) is 1. The Morgan fingerprint density at radius 2 is 2.15 bits per heavy atom. The van der Waals surface area contributed by atoms with E-state index in [1.165, 1.54) is 0 Å². The van der Waals surface area contributed by atoms with E-state index < -0.39 is 6.10 Å². The van der Waals surface area contributed by atoms with Gasteiger partial charge in [-0.1, -0.05) is 27.7 Å². The fourth-order valence-electron chi connectivity index (χ4n) is 2.66. The number of carbonyl (C=O) groups excluding carboxylic acids is 1. The Kier molecular flexibility index (Phi) is 4.23. The van der Waals surface area contributed by atoms with Crippen LogP contribution in [-0.2, 0) is 0 Å². The summed E-state index contributed by atoms with van der Waals surface area (Å²) in [6.45, 7) is 8.43. The highest BCUT2D eigenvalue weighted by atomic mass is 16.3. The first-order valence-electron chi connectivity index (χ1n) is 7.46. The zero-order chi connectivity index (χ0) is 14.9. The van der Waals surface area contributed by atoms with Crippen molar-refractivity contribution in [1.29, 1.82) is 0 Å². The second-order valence-electron chi connectivity index (χ2n) is 6.89. The molecule has 1 aromatic heterocycles. The van der Waals surface area contributed by atoms with Crippen LogP contribution >= 0.6 is 0 Å². The van der Waals surface area contributed by atoms with Crippen LogP contribution in [0.15, 0.2) is 18.3 Å². The summed E-state index contributed by atoms with van der Waals surface area (Å²) in [6, 6.07) is 4.28. The minimum absolute atomic E-state index is 0.0501. The molecule has 1 fully saturated rings. The van der Waals surface area contributed by atoms with Crippen LogP contribution in [0, 0.1) is 11.3 Å². The minimum Gasteiger partial charge on any atom is -0.392 e. The monoisotopic (exact) mass is 278 g/mol. The van der Waals surface area contributed by atoms with Gasteiger partial charge in [0.25, 0.3) is 5.91 Å². The van der Waals surface area contributed by atoms with E-state index >= 15 is 0 Å². The molecule has 1 atom stereocenters. The van der Waals surface area contributed by atoms with E-state index in [0.29, 0.717) is 12.6 Å². The molecule has 0 aliphatic heterocycles. The van der Waals surface area contributed by atoms with Gasteiger partial charge in [-0.2, -0.15) is 0 Å². The van der Waals surface area contributed by atoms with E-state index in [4.69, 9.17) is 0 Å². The van der Waals surface area contributed by atoms with Gasteiger partial charge in [0.2, 0.25) is 0 Å². The zero-order valence-electron chi connectivity index (χ0n) is 12.9. The highest BCUT2D eigenvalue weighted by molar-refractivity contribution is 5.92. The summed E-state index contributed by atoms with van der Waals surface area (Å²) in [5.41, 5.74) is 0.392. The first-order valence-corrected chi connectivity index (χ1v) is 7.46. The van der Waals surface area contributed by atoms with Crippen LogP contribution in [0.5, 0.6) is 0 Å². The predicted octanol–water partition coefficient (Wildman–Crippen LogP) is 2.60. The Hall–Kier alpha value is -1.29. The van der Waals surface area contributed by atoms with E-state index in [9.17, 15) is 9.90 Å². The molecule has 1 aliphatic rings. The molecule has 20 heavy (non-hydrogen) atoms. The number of carbonyl (C=O) groups is 1. The summed E-state index contributed by atoms with van der Waals surface area (Å²) in [6.07, 6.45) is 3.86. The number of aromatic nitrogens is 1. The third-order valence-electron chi connectivity index (χ3n) is 4.09. The second kappa shape index (κ2) is 5.60. The minimum atomic E-state index is -0.432. The summed E-state index contributed by atoms with van der Waals surface area (Å²) in [5, 5.41) is 13.2. The number of aliphatic hydroxyl groups is 1. The lowest BCUT2D eigenvalue weighted by Gasteiger charge is -2.33. The smallest absolute Gasteiger partial charge is 0.267 e. The van der Waals surface area contributed by atoms with Crippen molar-refractivity contribution in [2.75, 3.05) is 6.54 Å². The average molecular weight is 278 g/mol. The molecule has 0 bridgehead atoms. The molecule has 4 heteroatoms. The highest BCUT2D eigenvalue weighted by Crippen LogP contribution is 2.36. The van der Waals surface area contributed by atoms with Crippen molar-refractivity contribution in [1.82, 2.24) is 9.88 Å². The zero-order valence-corrected chi connectivity index (χ0v) is 12.9. The number of hydrogen-bond donors (Lipinski definition) is 2. The van der Waals surface area contributed by atoms with Crippen LogP contribution in [0.4, 0.5) is 0 Å². The summed E-state index contributed by atoms with van der Waals surface area (Å²) < 4.78 is 2.06. The van der Waals surface area contributed by atoms with Crippen molar-refractivity contribution in [3.05, 3.63) is 24.0 Å². The van der Waals surface area contributed by atoms with Gasteiger partial charge in [0.05, 0.1) is 6.10 Å². The molecule has 2 N–H and O–H groups in total. The Bertz CT molecular complexity index is 473. The average Bonchev–Trinajstić information content (AvgIpc) is 3.12. The third kappa shape index (κ3) is 3.23. The lowest BCUT2D eigenvalue weighted by Crippen LogP contribution is -2.43. The van der Waals surface area contributed by atoms with Crippen LogP contribution in [-0.4, -0.2) is 28.2 Å². The third-order valence-corrected chi connectivity index (χ3v) is 4.09. The summed E-state index contributed by atoms with van der Waals surface area (Å²) in [5.74, 6) is 0.128. The number of aliphatic hydroxyl groups excluding tert-OH is 1. The van der Waals surface area contributed by atoms with Gasteiger partial charge in [0, 0.05) is 24.2 Å². The van der Waals surface area contributed by atoms with Crippen LogP contribution in [0.2, 0.25) is 0 Å². The molecule has 112 valence electrons. The van der Waals surface area contributed by atoms with E-state index in [1.54, 1.807) is 0 Å². The standard InChI is InChI=1S/C16H26N2O2/c1-11(2)14(19)16(3,4)10-17-15(20)13-6-5-9-18(13)12-7-8-12/h5-6,9,11-12,14,19H,7-8,10H2,1-4H3,(H,17,20). The van der Waals surface area contributed by atoms with E-state index in [1.807, 2.05) is 46.0 Å². The van der Waals surface area contributed by atoms with Gasteiger partial charge in [-0.3, -0.25) is 4.79 Å². The van der Waals surface area contributed by atoms with Gasteiger partial charge in [-0.05, 0) is 30.9 Å². The fourth-order valence-corrected chi connectivity index (χ4v) is 2.66. The van der Waals surface area contributed by atoms with Crippen molar-refractivity contribution in [2.24, 2.45) is 11.3 Å². The first-order chi connectivity index (χ1) is 9.33. The SMILES string of the molecule is CC(C)C(O)C(C)(C)CNC(=O)c1cccn1C1CC1. The topological polar surface area (TPSA) is 54.3 Å². The summed E-state index contributed by atoms with van der Waals surface area (Å²) in [7, 11) is 0. The molecule has 1 saturated carbocycles. The Balaban J connectivity index is 1.96. The van der Waals surface area contributed by atoms with Crippen LogP contribution < -0.4 is 5.32 Å². The lowest BCUT2D eigenvalue weighted by molar-refractivity contribution is 0.0137. The maximum absolute atomic E-state index is 12.3. The molecule has 1 unspecified atom stereocenters. The predicted molar refractivity (Wildman–Crippen MR) is 79.7 cm³/mol. The van der Waals surface area contributed by atoms with Crippen molar-refractivity contribution in [2.45, 2.75) is 52.7 Å². The molecule has 1 amide bonds. The molecular formula is C16H26N2O2. The highest BCUT2D eigenvalue weighted by Gasteiger charge is 2.31. The van der Waals surface area contributed by atoms with E-state index in [2.05, 4.69) is 9.88 Å². The van der Waals surface area contributed by atoms with E-state index in [-0.39, 0.29) is 17.2 Å². The number of rotatable bonds is 6. The number of amides is 1. The Morgan fingerprint density at radius 1 is 1.50 bits per heavy atom. The van der Waals surface area contributed by atoms with Crippen molar-refractivity contribution >= 4 is 5.91 Å². The molecule has 0 aromatic carbocycles. The largest absolute Gasteiger partial charge is 0.392 e.